The molecule has 0 radical (unpaired) electrons. The SMILES string of the molecule is Nc1cccc(Oc2nc(Oc3cccc(N)c3)nc(-c3ccccc3)n2)c1. The van der Waals surface area contributed by atoms with Crippen LogP contribution < -0.4 is 20.9 Å². The van der Waals surface area contributed by atoms with Crippen LogP contribution >= 0.6 is 0 Å². The fourth-order valence-electron chi connectivity index (χ4n) is 2.51. The van der Waals surface area contributed by atoms with Crippen LogP contribution in [0.1, 0.15) is 0 Å². The molecular formula is C21H17N5O2. The van der Waals surface area contributed by atoms with E-state index in [0.717, 1.165) is 5.56 Å². The molecule has 28 heavy (non-hydrogen) atoms. The number of nitrogens with zero attached hydrogens (tertiary/aromatic N) is 3. The van der Waals surface area contributed by atoms with E-state index in [0.29, 0.717) is 28.7 Å². The molecule has 4 N–H and O–H groups in total. The van der Waals surface area contributed by atoms with Crippen LogP contribution in [0.4, 0.5) is 11.4 Å². The lowest BCUT2D eigenvalue weighted by atomic mass is 10.2. The van der Waals surface area contributed by atoms with Crippen molar-refractivity contribution in [2.45, 2.75) is 0 Å². The Bertz CT molecular complexity index is 1040. The maximum Gasteiger partial charge on any atom is 0.328 e. The van der Waals surface area contributed by atoms with Crippen molar-refractivity contribution in [2.24, 2.45) is 0 Å². The highest BCUT2D eigenvalue weighted by Crippen LogP contribution is 2.27. The lowest BCUT2D eigenvalue weighted by Gasteiger charge is -2.09. The van der Waals surface area contributed by atoms with Gasteiger partial charge in [-0.3, -0.25) is 0 Å². The zero-order valence-corrected chi connectivity index (χ0v) is 14.8. The summed E-state index contributed by atoms with van der Waals surface area (Å²) in [6.07, 6.45) is 0. The van der Waals surface area contributed by atoms with Crippen molar-refractivity contribution in [3.63, 3.8) is 0 Å². The van der Waals surface area contributed by atoms with Gasteiger partial charge in [0.25, 0.3) is 0 Å². The van der Waals surface area contributed by atoms with Crippen molar-refractivity contribution in [2.75, 3.05) is 11.5 Å². The summed E-state index contributed by atoms with van der Waals surface area (Å²) in [5.41, 5.74) is 13.6. The third-order valence-electron chi connectivity index (χ3n) is 3.76. The van der Waals surface area contributed by atoms with E-state index in [9.17, 15) is 0 Å². The molecule has 0 bridgehead atoms. The van der Waals surface area contributed by atoms with Crippen LogP contribution in [0.3, 0.4) is 0 Å². The first-order valence-corrected chi connectivity index (χ1v) is 8.54. The molecule has 0 aliphatic carbocycles. The summed E-state index contributed by atoms with van der Waals surface area (Å²) in [5, 5.41) is 0. The standard InChI is InChI=1S/C21H17N5O2/c22-15-8-4-10-17(12-15)27-20-24-19(14-6-2-1-3-7-14)25-21(26-20)28-18-11-5-9-16(23)13-18/h1-13H,22-23H2. The van der Waals surface area contributed by atoms with Crippen LogP contribution in [-0.2, 0) is 0 Å². The van der Waals surface area contributed by atoms with Gasteiger partial charge in [0.05, 0.1) is 0 Å². The third-order valence-corrected chi connectivity index (χ3v) is 3.76. The van der Waals surface area contributed by atoms with Gasteiger partial charge >= 0.3 is 12.0 Å². The monoisotopic (exact) mass is 371 g/mol. The van der Waals surface area contributed by atoms with Gasteiger partial charge in [0.15, 0.2) is 5.82 Å². The summed E-state index contributed by atoms with van der Waals surface area (Å²) in [5.74, 6) is 1.45. The predicted octanol–water partition coefficient (Wildman–Crippen LogP) is 4.29. The quantitative estimate of drug-likeness (QED) is 0.504. The van der Waals surface area contributed by atoms with Gasteiger partial charge in [-0.1, -0.05) is 42.5 Å². The molecule has 0 spiro atoms. The first-order chi connectivity index (χ1) is 13.7. The van der Waals surface area contributed by atoms with Gasteiger partial charge in [-0.25, -0.2) is 0 Å². The Hall–Kier alpha value is -4.13. The molecule has 7 heteroatoms. The average molecular weight is 371 g/mol. The second-order valence-corrected chi connectivity index (χ2v) is 5.94. The molecule has 0 aliphatic heterocycles. The minimum atomic E-state index is 0.0957. The van der Waals surface area contributed by atoms with Crippen LogP contribution in [0.5, 0.6) is 23.5 Å². The van der Waals surface area contributed by atoms with Gasteiger partial charge in [-0.15, -0.1) is 4.98 Å². The summed E-state index contributed by atoms with van der Waals surface area (Å²) in [6, 6.07) is 23.7. The fourth-order valence-corrected chi connectivity index (χ4v) is 2.51. The number of hydrogen-bond acceptors (Lipinski definition) is 7. The van der Waals surface area contributed by atoms with Crippen LogP contribution in [0.25, 0.3) is 11.4 Å². The summed E-state index contributed by atoms with van der Waals surface area (Å²) in [7, 11) is 0. The zero-order chi connectivity index (χ0) is 19.3. The number of benzene rings is 3. The molecule has 7 nitrogen and oxygen atoms in total. The molecular weight excluding hydrogens is 354 g/mol. The van der Waals surface area contributed by atoms with E-state index >= 15 is 0 Å². The molecule has 0 atom stereocenters. The van der Waals surface area contributed by atoms with Gasteiger partial charge in [-0.2, -0.15) is 9.97 Å². The van der Waals surface area contributed by atoms with Crippen molar-refractivity contribution in [1.29, 1.82) is 0 Å². The number of nitrogens with two attached hydrogens (primary N) is 2. The average Bonchev–Trinajstić information content (AvgIpc) is 2.68. The van der Waals surface area contributed by atoms with Crippen molar-refractivity contribution < 1.29 is 9.47 Å². The Kier molecular flexibility index (Phi) is 4.71. The minimum Gasteiger partial charge on any atom is -0.424 e. The Morgan fingerprint density at radius 2 is 1.11 bits per heavy atom. The number of rotatable bonds is 5. The summed E-state index contributed by atoms with van der Waals surface area (Å²) in [6.45, 7) is 0. The van der Waals surface area contributed by atoms with Gasteiger partial charge in [0, 0.05) is 29.1 Å². The molecule has 4 aromatic rings. The molecule has 0 fully saturated rings. The minimum absolute atomic E-state index is 0.0957. The number of ether oxygens (including phenoxy) is 2. The molecule has 138 valence electrons. The Morgan fingerprint density at radius 1 is 0.571 bits per heavy atom. The topological polar surface area (TPSA) is 109 Å². The lowest BCUT2D eigenvalue weighted by molar-refractivity contribution is 0.399. The van der Waals surface area contributed by atoms with E-state index < -0.39 is 0 Å². The second-order valence-electron chi connectivity index (χ2n) is 5.94. The molecule has 3 aromatic carbocycles. The van der Waals surface area contributed by atoms with E-state index in [1.807, 2.05) is 30.3 Å². The third kappa shape index (κ3) is 4.16. The largest absolute Gasteiger partial charge is 0.424 e. The first-order valence-electron chi connectivity index (χ1n) is 8.54. The van der Waals surface area contributed by atoms with E-state index in [1.54, 1.807) is 48.5 Å². The van der Waals surface area contributed by atoms with Crippen LogP contribution in [0, 0.1) is 0 Å². The maximum atomic E-state index is 5.81. The molecule has 0 aliphatic rings. The molecule has 1 aromatic heterocycles. The second kappa shape index (κ2) is 7.63. The summed E-state index contributed by atoms with van der Waals surface area (Å²) >= 11 is 0. The van der Waals surface area contributed by atoms with Crippen LogP contribution in [-0.4, -0.2) is 15.0 Å². The van der Waals surface area contributed by atoms with Crippen molar-refractivity contribution in [1.82, 2.24) is 15.0 Å². The van der Waals surface area contributed by atoms with Crippen molar-refractivity contribution in [3.05, 3.63) is 78.9 Å². The van der Waals surface area contributed by atoms with Gasteiger partial charge in [0.2, 0.25) is 0 Å². The molecule has 0 unspecified atom stereocenters. The van der Waals surface area contributed by atoms with Crippen LogP contribution in [0.15, 0.2) is 78.9 Å². The highest BCUT2D eigenvalue weighted by atomic mass is 16.5. The normalized spacial score (nSPS) is 10.4. The maximum absolute atomic E-state index is 5.81. The van der Waals surface area contributed by atoms with Crippen molar-refractivity contribution >= 4 is 11.4 Å². The van der Waals surface area contributed by atoms with E-state index in [-0.39, 0.29) is 12.0 Å². The summed E-state index contributed by atoms with van der Waals surface area (Å²) < 4.78 is 11.6. The van der Waals surface area contributed by atoms with E-state index in [1.165, 1.54) is 0 Å². The number of hydrogen-bond donors (Lipinski definition) is 2. The van der Waals surface area contributed by atoms with Gasteiger partial charge in [0.1, 0.15) is 11.5 Å². The van der Waals surface area contributed by atoms with Gasteiger partial charge < -0.3 is 20.9 Å². The predicted molar refractivity (Wildman–Crippen MR) is 107 cm³/mol. The highest BCUT2D eigenvalue weighted by molar-refractivity contribution is 5.55. The molecule has 1 heterocycles. The first kappa shape index (κ1) is 17.3. The lowest BCUT2D eigenvalue weighted by Crippen LogP contribution is -2.01. The number of anilines is 2. The Morgan fingerprint density at radius 3 is 1.61 bits per heavy atom. The number of aromatic nitrogens is 3. The molecule has 0 saturated heterocycles. The zero-order valence-electron chi connectivity index (χ0n) is 14.8. The smallest absolute Gasteiger partial charge is 0.328 e. The molecule has 0 saturated carbocycles. The number of nitrogen functional groups attached to an aromatic ring is 2. The summed E-state index contributed by atoms with van der Waals surface area (Å²) in [4.78, 5) is 13.1. The van der Waals surface area contributed by atoms with Crippen LogP contribution in [0.2, 0.25) is 0 Å². The van der Waals surface area contributed by atoms with Gasteiger partial charge in [-0.05, 0) is 24.3 Å². The van der Waals surface area contributed by atoms with Crippen molar-refractivity contribution in [3.8, 4) is 34.9 Å². The fraction of sp³-hybridized carbons (Fsp3) is 0. The highest BCUT2D eigenvalue weighted by Gasteiger charge is 2.12. The molecule has 0 amide bonds. The molecule has 4 rings (SSSR count). The Balaban J connectivity index is 1.72. The van der Waals surface area contributed by atoms with E-state index in [4.69, 9.17) is 20.9 Å². The Labute approximate surface area is 161 Å². The van der Waals surface area contributed by atoms with E-state index in [2.05, 4.69) is 15.0 Å².